The number of hydrogen-bond donors (Lipinski definition) is 1. The summed E-state index contributed by atoms with van der Waals surface area (Å²) >= 11 is 0. The number of urea groups is 1. The fourth-order valence-corrected chi connectivity index (χ4v) is 3.61. The standard InChI is InChI=1S/C20H27N5O2/c1-24-12-16-6-4-3-5-15(16)11-17(24)13-25(2)20(26)21-10-9-18-22-19(23-27-18)14-7-8-14/h3-6,14,17H,7-13H2,1-2H3,(H,21,26)/t17-/m1/s1. The van der Waals surface area contributed by atoms with Crippen LogP contribution in [0.3, 0.4) is 0 Å². The van der Waals surface area contributed by atoms with Gasteiger partial charge in [-0.3, -0.25) is 4.90 Å². The zero-order chi connectivity index (χ0) is 18.8. The molecule has 4 rings (SSSR count). The molecule has 1 aromatic heterocycles. The summed E-state index contributed by atoms with van der Waals surface area (Å²) in [7, 11) is 3.97. The number of carbonyl (C=O) groups is 1. The van der Waals surface area contributed by atoms with Crippen LogP contribution in [0.1, 0.15) is 41.6 Å². The van der Waals surface area contributed by atoms with Gasteiger partial charge in [-0.05, 0) is 37.4 Å². The van der Waals surface area contributed by atoms with Crippen LogP contribution in [0.25, 0.3) is 0 Å². The van der Waals surface area contributed by atoms with Crippen LogP contribution in [-0.4, -0.2) is 59.2 Å². The molecule has 1 N–H and O–H groups in total. The highest BCUT2D eigenvalue weighted by atomic mass is 16.5. The van der Waals surface area contributed by atoms with E-state index in [-0.39, 0.29) is 6.03 Å². The second-order valence-electron chi connectivity index (χ2n) is 7.72. The van der Waals surface area contributed by atoms with Crippen LogP contribution in [-0.2, 0) is 19.4 Å². The van der Waals surface area contributed by atoms with Crippen molar-refractivity contribution in [2.45, 2.75) is 44.2 Å². The fourth-order valence-electron chi connectivity index (χ4n) is 3.61. The monoisotopic (exact) mass is 369 g/mol. The summed E-state index contributed by atoms with van der Waals surface area (Å²) in [5.41, 5.74) is 2.77. The molecular weight excluding hydrogens is 342 g/mol. The molecule has 144 valence electrons. The molecular formula is C20H27N5O2. The van der Waals surface area contributed by atoms with Crippen LogP contribution in [0.4, 0.5) is 4.79 Å². The first-order valence-corrected chi connectivity index (χ1v) is 9.68. The Morgan fingerprint density at radius 2 is 2.11 bits per heavy atom. The lowest BCUT2D eigenvalue weighted by atomic mass is 9.94. The molecule has 27 heavy (non-hydrogen) atoms. The van der Waals surface area contributed by atoms with E-state index in [9.17, 15) is 4.79 Å². The Kier molecular flexibility index (Phi) is 5.11. The second-order valence-corrected chi connectivity index (χ2v) is 7.72. The summed E-state index contributed by atoms with van der Waals surface area (Å²) in [5.74, 6) is 1.90. The Bertz CT molecular complexity index is 801. The summed E-state index contributed by atoms with van der Waals surface area (Å²) in [6.07, 6.45) is 3.84. The molecule has 7 nitrogen and oxygen atoms in total. The smallest absolute Gasteiger partial charge is 0.317 e. The highest BCUT2D eigenvalue weighted by Gasteiger charge is 2.29. The number of aromatic nitrogens is 2. The maximum absolute atomic E-state index is 12.4. The molecule has 0 radical (unpaired) electrons. The van der Waals surface area contributed by atoms with Gasteiger partial charge in [0.15, 0.2) is 5.82 Å². The third kappa shape index (κ3) is 4.30. The Morgan fingerprint density at radius 3 is 2.89 bits per heavy atom. The van der Waals surface area contributed by atoms with Crippen molar-refractivity contribution in [3.05, 3.63) is 47.1 Å². The zero-order valence-corrected chi connectivity index (χ0v) is 16.0. The largest absolute Gasteiger partial charge is 0.339 e. The molecule has 0 spiro atoms. The number of benzene rings is 1. The molecule has 2 amide bonds. The fraction of sp³-hybridized carbons (Fsp3) is 0.550. The third-order valence-electron chi connectivity index (χ3n) is 5.49. The van der Waals surface area contributed by atoms with E-state index >= 15 is 0 Å². The molecule has 7 heteroatoms. The molecule has 0 saturated heterocycles. The average Bonchev–Trinajstić information content (AvgIpc) is 3.41. The van der Waals surface area contributed by atoms with E-state index in [1.807, 2.05) is 7.05 Å². The Balaban J connectivity index is 1.24. The summed E-state index contributed by atoms with van der Waals surface area (Å²) in [4.78, 5) is 20.9. The normalized spacial score (nSPS) is 19.6. The predicted octanol–water partition coefficient (Wildman–Crippen LogP) is 2.19. The minimum atomic E-state index is -0.0656. The van der Waals surface area contributed by atoms with E-state index in [0.717, 1.165) is 31.6 Å². The van der Waals surface area contributed by atoms with Gasteiger partial charge < -0.3 is 14.7 Å². The van der Waals surface area contributed by atoms with Gasteiger partial charge in [-0.2, -0.15) is 4.98 Å². The quantitative estimate of drug-likeness (QED) is 0.845. The lowest BCUT2D eigenvalue weighted by molar-refractivity contribution is 0.160. The Hall–Kier alpha value is -2.41. The molecule has 2 aliphatic rings. The van der Waals surface area contributed by atoms with Crippen LogP contribution in [0.5, 0.6) is 0 Å². The number of rotatable bonds is 6. The first-order chi connectivity index (χ1) is 13.1. The van der Waals surface area contributed by atoms with Crippen LogP contribution >= 0.6 is 0 Å². The topological polar surface area (TPSA) is 74.5 Å². The summed E-state index contributed by atoms with van der Waals surface area (Å²) < 4.78 is 5.24. The van der Waals surface area contributed by atoms with Gasteiger partial charge in [0.05, 0.1) is 0 Å². The molecule has 1 aliphatic carbocycles. The van der Waals surface area contributed by atoms with E-state index < -0.39 is 0 Å². The first kappa shape index (κ1) is 18.0. The van der Waals surface area contributed by atoms with Crippen molar-refractivity contribution < 1.29 is 9.32 Å². The molecule has 1 aliphatic heterocycles. The van der Waals surface area contributed by atoms with Crippen molar-refractivity contribution in [3.8, 4) is 0 Å². The Labute approximate surface area is 159 Å². The lowest BCUT2D eigenvalue weighted by Gasteiger charge is -2.36. The van der Waals surface area contributed by atoms with Crippen LogP contribution in [0.15, 0.2) is 28.8 Å². The molecule has 0 unspecified atom stereocenters. The van der Waals surface area contributed by atoms with Crippen molar-refractivity contribution in [1.82, 2.24) is 25.3 Å². The van der Waals surface area contributed by atoms with E-state index in [4.69, 9.17) is 4.52 Å². The third-order valence-corrected chi connectivity index (χ3v) is 5.49. The van der Waals surface area contributed by atoms with Gasteiger partial charge in [-0.1, -0.05) is 29.4 Å². The van der Waals surface area contributed by atoms with Gasteiger partial charge in [0.1, 0.15) is 0 Å². The average molecular weight is 369 g/mol. The number of hydrogen-bond acceptors (Lipinski definition) is 5. The molecule has 2 aromatic rings. The highest BCUT2D eigenvalue weighted by Crippen LogP contribution is 2.38. The number of carbonyl (C=O) groups excluding carboxylic acids is 1. The van der Waals surface area contributed by atoms with Crippen molar-refractivity contribution in [1.29, 1.82) is 0 Å². The first-order valence-electron chi connectivity index (χ1n) is 9.68. The molecule has 1 aromatic carbocycles. The van der Waals surface area contributed by atoms with Crippen molar-refractivity contribution in [3.63, 3.8) is 0 Å². The molecule has 1 saturated carbocycles. The maximum atomic E-state index is 12.4. The highest BCUT2D eigenvalue weighted by molar-refractivity contribution is 5.73. The maximum Gasteiger partial charge on any atom is 0.317 e. The van der Waals surface area contributed by atoms with Gasteiger partial charge in [0.25, 0.3) is 0 Å². The van der Waals surface area contributed by atoms with Crippen molar-refractivity contribution in [2.24, 2.45) is 0 Å². The summed E-state index contributed by atoms with van der Waals surface area (Å²) in [6.45, 7) is 2.12. The second kappa shape index (κ2) is 7.68. The summed E-state index contributed by atoms with van der Waals surface area (Å²) in [5, 5.41) is 6.95. The molecule has 2 heterocycles. The minimum absolute atomic E-state index is 0.0656. The zero-order valence-electron chi connectivity index (χ0n) is 16.0. The predicted molar refractivity (Wildman–Crippen MR) is 101 cm³/mol. The number of nitrogens with one attached hydrogen (secondary N) is 1. The van der Waals surface area contributed by atoms with Crippen molar-refractivity contribution in [2.75, 3.05) is 27.2 Å². The number of amides is 2. The number of likely N-dealkylation sites (N-methyl/N-ethyl adjacent to an activating group) is 2. The summed E-state index contributed by atoms with van der Waals surface area (Å²) in [6, 6.07) is 8.81. The Morgan fingerprint density at radius 1 is 1.33 bits per heavy atom. The lowest BCUT2D eigenvalue weighted by Crippen LogP contribution is -2.48. The SMILES string of the molecule is CN(C[C@H]1Cc2ccccc2CN1C)C(=O)NCCc1nc(C2CC2)no1. The van der Waals surface area contributed by atoms with Crippen LogP contribution < -0.4 is 5.32 Å². The van der Waals surface area contributed by atoms with E-state index in [1.165, 1.54) is 11.1 Å². The van der Waals surface area contributed by atoms with Gasteiger partial charge in [0, 0.05) is 45.1 Å². The van der Waals surface area contributed by atoms with Gasteiger partial charge in [-0.25, -0.2) is 4.79 Å². The minimum Gasteiger partial charge on any atom is -0.339 e. The van der Waals surface area contributed by atoms with E-state index in [2.05, 4.69) is 51.7 Å². The molecule has 0 bridgehead atoms. The van der Waals surface area contributed by atoms with Gasteiger partial charge in [-0.15, -0.1) is 0 Å². The molecule has 1 atom stereocenters. The van der Waals surface area contributed by atoms with E-state index in [0.29, 0.717) is 37.4 Å². The van der Waals surface area contributed by atoms with E-state index in [1.54, 1.807) is 4.90 Å². The number of fused-ring (bicyclic) bond motifs is 1. The number of nitrogens with zero attached hydrogens (tertiary/aromatic N) is 4. The van der Waals surface area contributed by atoms with Crippen LogP contribution in [0, 0.1) is 0 Å². The molecule has 1 fully saturated rings. The van der Waals surface area contributed by atoms with Gasteiger partial charge in [0.2, 0.25) is 5.89 Å². The van der Waals surface area contributed by atoms with Crippen LogP contribution in [0.2, 0.25) is 0 Å². The van der Waals surface area contributed by atoms with Crippen molar-refractivity contribution >= 4 is 6.03 Å². The van der Waals surface area contributed by atoms with Gasteiger partial charge >= 0.3 is 6.03 Å².